The minimum Gasteiger partial charge on any atom is -0.449 e. The normalized spacial score (nSPS) is 12.3. The van der Waals surface area contributed by atoms with Crippen LogP contribution in [0.25, 0.3) is 0 Å². The van der Waals surface area contributed by atoms with E-state index in [1.165, 1.54) is 20.4 Å². The molecule has 86 valence electrons. The molecule has 0 bridgehead atoms. The Morgan fingerprint density at radius 3 is 2.67 bits per heavy atom. The summed E-state index contributed by atoms with van der Waals surface area (Å²) in [7, 11) is -0.387. The molecule has 0 amide bonds. The third kappa shape index (κ3) is 3.61. The Hall–Kier alpha value is -0.920. The molecule has 7 heteroatoms. The zero-order valence-corrected chi connectivity index (χ0v) is 9.84. The number of nitrogens with one attached hydrogen (secondary N) is 1. The summed E-state index contributed by atoms with van der Waals surface area (Å²) in [6.45, 7) is 2.06. The molecule has 1 N–H and O–H groups in total. The Balaban J connectivity index is 2.40. The lowest BCUT2D eigenvalue weighted by Crippen LogP contribution is -2.36. The molecule has 1 aromatic heterocycles. The van der Waals surface area contributed by atoms with Crippen molar-refractivity contribution < 1.29 is 12.8 Å². The summed E-state index contributed by atoms with van der Waals surface area (Å²) in [6.07, 6.45) is 2.05. The average molecular weight is 233 g/mol. The van der Waals surface area contributed by atoms with Crippen LogP contribution in [-0.2, 0) is 16.6 Å². The van der Waals surface area contributed by atoms with Crippen LogP contribution >= 0.6 is 0 Å². The second-order valence-electron chi connectivity index (χ2n) is 3.29. The molecule has 0 unspecified atom stereocenters. The van der Waals surface area contributed by atoms with Crippen LogP contribution < -0.4 is 4.72 Å². The summed E-state index contributed by atoms with van der Waals surface area (Å²) in [6, 6.07) is 0. The topological polar surface area (TPSA) is 75.4 Å². The van der Waals surface area contributed by atoms with Crippen molar-refractivity contribution in [3.63, 3.8) is 0 Å². The van der Waals surface area contributed by atoms with Gasteiger partial charge in [0.25, 0.3) is 10.2 Å². The highest BCUT2D eigenvalue weighted by Gasteiger charge is 2.11. The van der Waals surface area contributed by atoms with Crippen molar-refractivity contribution in [3.8, 4) is 0 Å². The third-order valence-corrected chi connectivity index (χ3v) is 3.34. The standard InChI is InChI=1S/C8H15N3O3S/c1-7-10-8(6-14-7)4-5-9-15(12,13)11(2)3/h6,9H,4-5H2,1-3H3. The van der Waals surface area contributed by atoms with Gasteiger partial charge in [0.2, 0.25) is 0 Å². The molecule has 1 rings (SSSR count). The molecule has 0 saturated heterocycles. The van der Waals surface area contributed by atoms with E-state index in [9.17, 15) is 8.42 Å². The highest BCUT2D eigenvalue weighted by Crippen LogP contribution is 2.00. The minimum atomic E-state index is -3.34. The molecular formula is C8H15N3O3S. The molecule has 0 atom stereocenters. The van der Waals surface area contributed by atoms with Gasteiger partial charge in [0.05, 0.1) is 5.69 Å². The van der Waals surface area contributed by atoms with Gasteiger partial charge in [0, 0.05) is 34.0 Å². The van der Waals surface area contributed by atoms with E-state index in [1.807, 2.05) is 0 Å². The molecule has 0 radical (unpaired) electrons. The van der Waals surface area contributed by atoms with Gasteiger partial charge in [0.15, 0.2) is 5.89 Å². The van der Waals surface area contributed by atoms with Crippen molar-refractivity contribution in [2.45, 2.75) is 13.3 Å². The van der Waals surface area contributed by atoms with E-state index in [2.05, 4.69) is 9.71 Å². The second-order valence-corrected chi connectivity index (χ2v) is 5.26. The largest absolute Gasteiger partial charge is 0.449 e. The Kier molecular flexibility index (Phi) is 3.83. The highest BCUT2D eigenvalue weighted by molar-refractivity contribution is 7.87. The molecule has 6 nitrogen and oxygen atoms in total. The fourth-order valence-corrected chi connectivity index (χ4v) is 1.58. The van der Waals surface area contributed by atoms with Crippen molar-refractivity contribution in [1.29, 1.82) is 0 Å². The van der Waals surface area contributed by atoms with Gasteiger partial charge in [-0.2, -0.15) is 12.7 Å². The highest BCUT2D eigenvalue weighted by atomic mass is 32.2. The number of nitrogens with zero attached hydrogens (tertiary/aromatic N) is 2. The molecule has 0 aliphatic heterocycles. The molecule has 0 fully saturated rings. The molecule has 15 heavy (non-hydrogen) atoms. The fraction of sp³-hybridized carbons (Fsp3) is 0.625. The maximum Gasteiger partial charge on any atom is 0.278 e. The summed E-state index contributed by atoms with van der Waals surface area (Å²) in [4.78, 5) is 4.06. The van der Waals surface area contributed by atoms with Gasteiger partial charge >= 0.3 is 0 Å². The first-order valence-corrected chi connectivity index (χ1v) is 5.94. The molecule has 1 heterocycles. The average Bonchev–Trinajstić information content (AvgIpc) is 2.51. The van der Waals surface area contributed by atoms with Crippen LogP contribution in [0.5, 0.6) is 0 Å². The van der Waals surface area contributed by atoms with Crippen LogP contribution in [0.3, 0.4) is 0 Å². The summed E-state index contributed by atoms with van der Waals surface area (Å²) in [5.74, 6) is 0.584. The van der Waals surface area contributed by atoms with Gasteiger partial charge in [-0.3, -0.25) is 0 Å². The lowest BCUT2D eigenvalue weighted by atomic mass is 10.3. The summed E-state index contributed by atoms with van der Waals surface area (Å²) in [5, 5.41) is 0. The van der Waals surface area contributed by atoms with Gasteiger partial charge < -0.3 is 4.42 Å². The van der Waals surface area contributed by atoms with Gasteiger partial charge in [0.1, 0.15) is 6.26 Å². The van der Waals surface area contributed by atoms with Crippen molar-refractivity contribution in [3.05, 3.63) is 17.8 Å². The van der Waals surface area contributed by atoms with Crippen molar-refractivity contribution >= 4 is 10.2 Å². The zero-order chi connectivity index (χ0) is 11.5. The molecule has 0 aliphatic rings. The maximum absolute atomic E-state index is 11.3. The van der Waals surface area contributed by atoms with Gasteiger partial charge in [-0.05, 0) is 0 Å². The summed E-state index contributed by atoms with van der Waals surface area (Å²) >= 11 is 0. The van der Waals surface area contributed by atoms with Gasteiger partial charge in [-0.15, -0.1) is 0 Å². The third-order valence-electron chi connectivity index (χ3n) is 1.81. The Morgan fingerprint density at radius 2 is 2.20 bits per heavy atom. The molecule has 0 aromatic carbocycles. The number of oxazole rings is 1. The Bertz CT molecular complexity index is 411. The van der Waals surface area contributed by atoms with Gasteiger partial charge in [-0.25, -0.2) is 9.71 Å². The van der Waals surface area contributed by atoms with E-state index in [1.54, 1.807) is 6.92 Å². The molecule has 0 saturated carbocycles. The van der Waals surface area contributed by atoms with E-state index in [0.29, 0.717) is 18.9 Å². The molecular weight excluding hydrogens is 218 g/mol. The van der Waals surface area contributed by atoms with Crippen LogP contribution in [0.2, 0.25) is 0 Å². The lowest BCUT2D eigenvalue weighted by molar-refractivity contribution is 0.505. The smallest absolute Gasteiger partial charge is 0.278 e. The zero-order valence-electron chi connectivity index (χ0n) is 9.02. The first kappa shape index (κ1) is 12.2. The van der Waals surface area contributed by atoms with Gasteiger partial charge in [-0.1, -0.05) is 0 Å². The van der Waals surface area contributed by atoms with E-state index in [0.717, 1.165) is 10.00 Å². The number of hydrogen-bond donors (Lipinski definition) is 1. The monoisotopic (exact) mass is 233 g/mol. The van der Waals surface area contributed by atoms with E-state index < -0.39 is 10.2 Å². The number of hydrogen-bond acceptors (Lipinski definition) is 4. The predicted molar refractivity (Wildman–Crippen MR) is 55.6 cm³/mol. The lowest BCUT2D eigenvalue weighted by Gasteiger charge is -2.11. The quantitative estimate of drug-likeness (QED) is 0.772. The maximum atomic E-state index is 11.3. The minimum absolute atomic E-state index is 0.312. The number of rotatable bonds is 5. The van der Waals surface area contributed by atoms with E-state index in [-0.39, 0.29) is 0 Å². The van der Waals surface area contributed by atoms with Crippen LogP contribution in [0.15, 0.2) is 10.7 Å². The number of aromatic nitrogens is 1. The number of aryl methyl sites for hydroxylation is 1. The van der Waals surface area contributed by atoms with Crippen molar-refractivity contribution in [2.24, 2.45) is 0 Å². The van der Waals surface area contributed by atoms with Crippen LogP contribution in [0.4, 0.5) is 0 Å². The SMILES string of the molecule is Cc1nc(CCNS(=O)(=O)N(C)C)co1. The molecule has 0 aliphatic carbocycles. The van der Waals surface area contributed by atoms with Crippen molar-refractivity contribution in [1.82, 2.24) is 14.0 Å². The van der Waals surface area contributed by atoms with Crippen LogP contribution in [0.1, 0.15) is 11.6 Å². The first-order valence-electron chi connectivity index (χ1n) is 4.50. The Labute approximate surface area is 89.5 Å². The first-order chi connectivity index (χ1) is 6.92. The molecule has 0 spiro atoms. The van der Waals surface area contributed by atoms with Crippen LogP contribution in [-0.4, -0.2) is 38.3 Å². The van der Waals surface area contributed by atoms with E-state index in [4.69, 9.17) is 4.42 Å². The second kappa shape index (κ2) is 4.73. The summed E-state index contributed by atoms with van der Waals surface area (Å²) < 4.78 is 31.1. The fourth-order valence-electron chi connectivity index (χ4n) is 0.960. The Morgan fingerprint density at radius 1 is 1.53 bits per heavy atom. The van der Waals surface area contributed by atoms with Crippen molar-refractivity contribution in [2.75, 3.05) is 20.6 Å². The van der Waals surface area contributed by atoms with Crippen LogP contribution in [0, 0.1) is 6.92 Å². The van der Waals surface area contributed by atoms with E-state index >= 15 is 0 Å². The predicted octanol–water partition coefficient (Wildman–Crippen LogP) is -0.0785. The molecule has 1 aromatic rings. The summed E-state index contributed by atoms with van der Waals surface area (Å²) in [5.41, 5.74) is 0.744.